The lowest BCUT2D eigenvalue weighted by molar-refractivity contribution is 0.429. The molecule has 0 radical (unpaired) electrons. The number of hydrogen-bond acceptors (Lipinski definition) is 3. The Morgan fingerprint density at radius 2 is 2.18 bits per heavy atom. The number of hydrogen-bond donors (Lipinski definition) is 1. The second-order valence-corrected chi connectivity index (χ2v) is 4.23. The predicted molar refractivity (Wildman–Crippen MR) is 69.0 cm³/mol. The smallest absolute Gasteiger partial charge is 0.211 e. The summed E-state index contributed by atoms with van der Waals surface area (Å²) >= 11 is 6.11. The Kier molecular flexibility index (Phi) is 3.82. The molecule has 3 nitrogen and oxygen atoms in total. The van der Waals surface area contributed by atoms with Gasteiger partial charge in [0.1, 0.15) is 0 Å². The molecule has 0 fully saturated rings. The first kappa shape index (κ1) is 12.1. The summed E-state index contributed by atoms with van der Waals surface area (Å²) in [5, 5.41) is 3.92. The highest BCUT2D eigenvalue weighted by Crippen LogP contribution is 2.29. The van der Waals surface area contributed by atoms with E-state index in [0.29, 0.717) is 16.7 Å². The van der Waals surface area contributed by atoms with E-state index in [-0.39, 0.29) is 6.04 Å². The standard InChI is InChI=1S/C13H15ClN2O/c1-3-15-9(2)13-16-8-12(17-13)10-6-4-5-7-11(10)14/h4-9,15H,3H2,1-2H3. The van der Waals surface area contributed by atoms with E-state index in [4.69, 9.17) is 16.0 Å². The topological polar surface area (TPSA) is 38.1 Å². The molecule has 0 aliphatic carbocycles. The van der Waals surface area contributed by atoms with E-state index in [0.717, 1.165) is 12.1 Å². The number of benzene rings is 1. The van der Waals surface area contributed by atoms with E-state index in [2.05, 4.69) is 17.2 Å². The number of aromatic nitrogens is 1. The first-order chi connectivity index (χ1) is 8.22. The molecule has 0 aliphatic heterocycles. The summed E-state index contributed by atoms with van der Waals surface area (Å²) in [6, 6.07) is 7.69. The molecule has 90 valence electrons. The van der Waals surface area contributed by atoms with Gasteiger partial charge >= 0.3 is 0 Å². The van der Waals surface area contributed by atoms with E-state index in [9.17, 15) is 0 Å². The van der Waals surface area contributed by atoms with Crippen LogP contribution in [0.25, 0.3) is 11.3 Å². The Bertz CT molecular complexity index is 496. The van der Waals surface area contributed by atoms with E-state index in [1.165, 1.54) is 0 Å². The Morgan fingerprint density at radius 1 is 1.41 bits per heavy atom. The van der Waals surface area contributed by atoms with Crippen molar-refractivity contribution in [3.63, 3.8) is 0 Å². The SMILES string of the molecule is CCNC(C)c1ncc(-c2ccccc2Cl)o1. The van der Waals surface area contributed by atoms with Gasteiger partial charge < -0.3 is 9.73 Å². The maximum absolute atomic E-state index is 6.11. The Labute approximate surface area is 106 Å². The molecule has 2 rings (SSSR count). The number of halogens is 1. The summed E-state index contributed by atoms with van der Waals surface area (Å²) in [5.74, 6) is 1.39. The van der Waals surface area contributed by atoms with Crippen LogP contribution in [0.4, 0.5) is 0 Å². The van der Waals surface area contributed by atoms with Crippen LogP contribution in [-0.2, 0) is 0 Å². The quantitative estimate of drug-likeness (QED) is 0.900. The van der Waals surface area contributed by atoms with Gasteiger partial charge in [0, 0.05) is 5.56 Å². The highest BCUT2D eigenvalue weighted by molar-refractivity contribution is 6.33. The third kappa shape index (κ3) is 2.68. The van der Waals surface area contributed by atoms with Gasteiger partial charge in [-0.05, 0) is 25.6 Å². The van der Waals surface area contributed by atoms with Crippen LogP contribution in [0.2, 0.25) is 5.02 Å². The number of nitrogens with zero attached hydrogens (tertiary/aromatic N) is 1. The zero-order valence-electron chi connectivity index (χ0n) is 9.90. The van der Waals surface area contributed by atoms with Crippen molar-refractivity contribution in [3.05, 3.63) is 41.4 Å². The van der Waals surface area contributed by atoms with Gasteiger partial charge in [0.25, 0.3) is 0 Å². The molecule has 1 unspecified atom stereocenters. The van der Waals surface area contributed by atoms with Crippen molar-refractivity contribution in [1.82, 2.24) is 10.3 Å². The minimum Gasteiger partial charge on any atom is -0.439 e. The molecule has 1 atom stereocenters. The van der Waals surface area contributed by atoms with Gasteiger partial charge in [-0.3, -0.25) is 0 Å². The van der Waals surface area contributed by atoms with Crippen LogP contribution >= 0.6 is 11.6 Å². The molecular weight excluding hydrogens is 236 g/mol. The van der Waals surface area contributed by atoms with Crippen LogP contribution in [0.5, 0.6) is 0 Å². The van der Waals surface area contributed by atoms with E-state index < -0.39 is 0 Å². The highest BCUT2D eigenvalue weighted by atomic mass is 35.5. The van der Waals surface area contributed by atoms with E-state index in [1.54, 1.807) is 6.20 Å². The van der Waals surface area contributed by atoms with Gasteiger partial charge in [0.2, 0.25) is 5.89 Å². The summed E-state index contributed by atoms with van der Waals surface area (Å²) in [6.45, 7) is 4.95. The molecule has 1 aromatic heterocycles. The molecule has 1 aromatic carbocycles. The largest absolute Gasteiger partial charge is 0.439 e. The van der Waals surface area contributed by atoms with Crippen molar-refractivity contribution in [2.45, 2.75) is 19.9 Å². The molecule has 1 heterocycles. The molecule has 2 aromatic rings. The molecule has 17 heavy (non-hydrogen) atoms. The molecule has 0 amide bonds. The third-order valence-corrected chi connectivity index (χ3v) is 2.87. The van der Waals surface area contributed by atoms with Crippen LogP contribution in [0.15, 0.2) is 34.9 Å². The van der Waals surface area contributed by atoms with Crippen LogP contribution in [0, 0.1) is 0 Å². The lowest BCUT2D eigenvalue weighted by Gasteiger charge is -2.06. The van der Waals surface area contributed by atoms with Crippen LogP contribution in [0.3, 0.4) is 0 Å². The molecule has 0 saturated heterocycles. The van der Waals surface area contributed by atoms with Crippen molar-refractivity contribution in [1.29, 1.82) is 0 Å². The predicted octanol–water partition coefficient (Wildman–Crippen LogP) is 3.67. The average Bonchev–Trinajstić information content (AvgIpc) is 2.79. The normalized spacial score (nSPS) is 12.6. The zero-order chi connectivity index (χ0) is 12.3. The first-order valence-corrected chi connectivity index (χ1v) is 6.04. The fraction of sp³-hybridized carbons (Fsp3) is 0.308. The third-order valence-electron chi connectivity index (χ3n) is 2.54. The molecule has 0 saturated carbocycles. The highest BCUT2D eigenvalue weighted by Gasteiger charge is 2.13. The fourth-order valence-electron chi connectivity index (χ4n) is 1.67. The summed E-state index contributed by atoms with van der Waals surface area (Å²) in [7, 11) is 0. The lowest BCUT2D eigenvalue weighted by Crippen LogP contribution is -2.17. The summed E-state index contributed by atoms with van der Waals surface area (Å²) in [5.41, 5.74) is 0.872. The molecule has 0 aliphatic rings. The van der Waals surface area contributed by atoms with Gasteiger partial charge in [-0.1, -0.05) is 30.7 Å². The van der Waals surface area contributed by atoms with Gasteiger partial charge in [0.15, 0.2) is 5.76 Å². The van der Waals surface area contributed by atoms with Gasteiger partial charge in [0.05, 0.1) is 17.3 Å². The molecule has 4 heteroatoms. The van der Waals surface area contributed by atoms with Crippen LogP contribution in [-0.4, -0.2) is 11.5 Å². The van der Waals surface area contributed by atoms with Crippen LogP contribution < -0.4 is 5.32 Å². The average molecular weight is 251 g/mol. The van der Waals surface area contributed by atoms with E-state index in [1.807, 2.05) is 31.2 Å². The van der Waals surface area contributed by atoms with Crippen molar-refractivity contribution in [3.8, 4) is 11.3 Å². The van der Waals surface area contributed by atoms with Gasteiger partial charge in [-0.25, -0.2) is 4.98 Å². The molecule has 1 N–H and O–H groups in total. The van der Waals surface area contributed by atoms with Gasteiger partial charge in [-0.15, -0.1) is 0 Å². The lowest BCUT2D eigenvalue weighted by atomic mass is 10.2. The number of rotatable bonds is 4. The zero-order valence-corrected chi connectivity index (χ0v) is 10.7. The second kappa shape index (κ2) is 5.34. The summed E-state index contributed by atoms with van der Waals surface area (Å²) < 4.78 is 5.71. The number of nitrogens with one attached hydrogen (secondary N) is 1. The monoisotopic (exact) mass is 250 g/mol. The maximum Gasteiger partial charge on any atom is 0.211 e. The van der Waals surface area contributed by atoms with Crippen molar-refractivity contribution >= 4 is 11.6 Å². The van der Waals surface area contributed by atoms with Crippen molar-refractivity contribution < 1.29 is 4.42 Å². The first-order valence-electron chi connectivity index (χ1n) is 5.66. The Hall–Kier alpha value is -1.32. The Morgan fingerprint density at radius 3 is 2.88 bits per heavy atom. The minimum atomic E-state index is 0.108. The fourth-order valence-corrected chi connectivity index (χ4v) is 1.90. The Balaban J connectivity index is 2.27. The summed E-state index contributed by atoms with van der Waals surface area (Å²) in [4.78, 5) is 4.26. The number of oxazole rings is 1. The maximum atomic E-state index is 6.11. The minimum absolute atomic E-state index is 0.108. The molecular formula is C13H15ClN2O. The molecule has 0 bridgehead atoms. The van der Waals surface area contributed by atoms with Crippen LogP contribution in [0.1, 0.15) is 25.8 Å². The molecule has 0 spiro atoms. The van der Waals surface area contributed by atoms with Crippen molar-refractivity contribution in [2.24, 2.45) is 0 Å². The summed E-state index contributed by atoms with van der Waals surface area (Å²) in [6.07, 6.45) is 1.71. The van der Waals surface area contributed by atoms with Gasteiger partial charge in [-0.2, -0.15) is 0 Å². The van der Waals surface area contributed by atoms with Crippen molar-refractivity contribution in [2.75, 3.05) is 6.54 Å². The van der Waals surface area contributed by atoms with E-state index >= 15 is 0 Å². The second-order valence-electron chi connectivity index (χ2n) is 3.82.